The highest BCUT2D eigenvalue weighted by Gasteiger charge is 2.30. The molecule has 2 atom stereocenters. The maximum atomic E-state index is 12.2. The van der Waals surface area contributed by atoms with Crippen molar-refractivity contribution in [2.24, 2.45) is 11.7 Å². The van der Waals surface area contributed by atoms with E-state index in [1.807, 2.05) is 24.3 Å². The summed E-state index contributed by atoms with van der Waals surface area (Å²) in [5.74, 6) is 0.494. The third-order valence-corrected chi connectivity index (χ3v) is 4.43. The smallest absolute Gasteiger partial charge is 0.223 e. The Bertz CT molecular complexity index is 460. The predicted octanol–water partition coefficient (Wildman–Crippen LogP) is 3.08. The lowest BCUT2D eigenvalue weighted by Gasteiger charge is -2.35. The van der Waals surface area contributed by atoms with E-state index >= 15 is 0 Å². The molecule has 4 nitrogen and oxygen atoms in total. The molecule has 0 radical (unpaired) electrons. The van der Waals surface area contributed by atoms with Crippen LogP contribution in [0.1, 0.15) is 37.3 Å². The summed E-state index contributed by atoms with van der Waals surface area (Å²) in [7, 11) is 1.58. The van der Waals surface area contributed by atoms with Crippen LogP contribution >= 0.6 is 24.0 Å². The molecule has 0 heterocycles. The van der Waals surface area contributed by atoms with Gasteiger partial charge >= 0.3 is 0 Å². The van der Waals surface area contributed by atoms with Gasteiger partial charge in [-0.2, -0.15) is 0 Å². The third kappa shape index (κ3) is 5.13. The molecule has 1 aliphatic rings. The van der Waals surface area contributed by atoms with Crippen molar-refractivity contribution >= 4 is 29.9 Å². The number of benzene rings is 1. The lowest BCUT2D eigenvalue weighted by atomic mass is 9.77. The van der Waals surface area contributed by atoms with Gasteiger partial charge in [0.1, 0.15) is 0 Å². The minimum atomic E-state index is -0.225. The highest BCUT2D eigenvalue weighted by molar-refractivity contribution is 6.30. The Balaban J connectivity index is 0.00000242. The number of carbonyl (C=O) groups excluding carboxylic acids is 1. The van der Waals surface area contributed by atoms with Gasteiger partial charge < -0.3 is 15.8 Å². The van der Waals surface area contributed by atoms with Crippen LogP contribution < -0.4 is 11.1 Å². The first-order valence-corrected chi connectivity index (χ1v) is 7.79. The van der Waals surface area contributed by atoms with Gasteiger partial charge in [0.25, 0.3) is 0 Å². The number of amides is 1. The zero-order valence-corrected chi connectivity index (χ0v) is 14.3. The Kier molecular flexibility index (Phi) is 8.18. The molecule has 1 aromatic rings. The average Bonchev–Trinajstić information content (AvgIpc) is 2.43. The first kappa shape index (κ1) is 19.2. The second-order valence-corrected chi connectivity index (χ2v) is 6.02. The number of nitrogens with two attached hydrogens (primary N) is 1. The first-order chi connectivity index (χ1) is 10.1. The molecule has 2 unspecified atom stereocenters. The number of carbonyl (C=O) groups is 1. The van der Waals surface area contributed by atoms with Crippen LogP contribution in [0.5, 0.6) is 0 Å². The second kappa shape index (κ2) is 9.36. The standard InChI is InChI=1S/C16H23ClN2O2.ClH/c1-21-14(10-18)9-15(20)19-16(11-3-2-4-11)12-5-7-13(17)8-6-12;/h5-8,11,14,16H,2-4,9-10,18H2,1H3,(H,19,20);1H. The summed E-state index contributed by atoms with van der Waals surface area (Å²) in [6.07, 6.45) is 3.60. The van der Waals surface area contributed by atoms with E-state index in [1.165, 1.54) is 6.42 Å². The van der Waals surface area contributed by atoms with E-state index in [1.54, 1.807) is 7.11 Å². The summed E-state index contributed by atoms with van der Waals surface area (Å²) in [6, 6.07) is 7.77. The Morgan fingerprint density at radius 1 is 1.41 bits per heavy atom. The van der Waals surface area contributed by atoms with E-state index in [0.29, 0.717) is 23.9 Å². The molecule has 0 aliphatic heterocycles. The van der Waals surface area contributed by atoms with Crippen LogP contribution in [-0.2, 0) is 9.53 Å². The van der Waals surface area contributed by atoms with Gasteiger partial charge in [-0.25, -0.2) is 0 Å². The average molecular weight is 347 g/mol. The van der Waals surface area contributed by atoms with Gasteiger partial charge in [0.05, 0.1) is 18.6 Å². The lowest BCUT2D eigenvalue weighted by Crippen LogP contribution is -2.39. The van der Waals surface area contributed by atoms with Crippen LogP contribution in [0, 0.1) is 5.92 Å². The van der Waals surface area contributed by atoms with Gasteiger partial charge in [0.2, 0.25) is 5.91 Å². The molecular weight excluding hydrogens is 323 g/mol. The van der Waals surface area contributed by atoms with Gasteiger partial charge in [-0.05, 0) is 36.5 Å². The fourth-order valence-corrected chi connectivity index (χ4v) is 2.74. The summed E-state index contributed by atoms with van der Waals surface area (Å²) >= 11 is 5.94. The Morgan fingerprint density at radius 3 is 2.50 bits per heavy atom. The van der Waals surface area contributed by atoms with E-state index in [0.717, 1.165) is 18.4 Å². The zero-order chi connectivity index (χ0) is 15.2. The molecule has 1 saturated carbocycles. The molecule has 1 aliphatic carbocycles. The van der Waals surface area contributed by atoms with Crippen molar-refractivity contribution in [2.45, 2.75) is 37.8 Å². The number of ether oxygens (including phenoxy) is 1. The Morgan fingerprint density at radius 2 is 2.05 bits per heavy atom. The van der Waals surface area contributed by atoms with Crippen molar-refractivity contribution in [1.29, 1.82) is 0 Å². The van der Waals surface area contributed by atoms with Gasteiger partial charge in [0, 0.05) is 18.7 Å². The number of halogens is 2. The van der Waals surface area contributed by atoms with Crippen LogP contribution in [0.15, 0.2) is 24.3 Å². The monoisotopic (exact) mass is 346 g/mol. The Hall–Kier alpha value is -0.810. The highest BCUT2D eigenvalue weighted by Crippen LogP contribution is 2.38. The molecule has 0 aromatic heterocycles. The molecule has 1 aromatic carbocycles. The van der Waals surface area contributed by atoms with E-state index in [-0.39, 0.29) is 30.5 Å². The minimum absolute atomic E-state index is 0. The molecular formula is C16H24Cl2N2O2. The summed E-state index contributed by atoms with van der Waals surface area (Å²) < 4.78 is 5.17. The van der Waals surface area contributed by atoms with Crippen molar-refractivity contribution in [3.05, 3.63) is 34.9 Å². The second-order valence-electron chi connectivity index (χ2n) is 5.59. The van der Waals surface area contributed by atoms with Crippen molar-refractivity contribution in [3.8, 4) is 0 Å². The van der Waals surface area contributed by atoms with Gasteiger partial charge in [-0.15, -0.1) is 12.4 Å². The fourth-order valence-electron chi connectivity index (χ4n) is 2.62. The van der Waals surface area contributed by atoms with Crippen molar-refractivity contribution in [1.82, 2.24) is 5.32 Å². The van der Waals surface area contributed by atoms with E-state index in [9.17, 15) is 4.79 Å². The highest BCUT2D eigenvalue weighted by atomic mass is 35.5. The zero-order valence-electron chi connectivity index (χ0n) is 12.8. The van der Waals surface area contributed by atoms with E-state index in [4.69, 9.17) is 22.1 Å². The maximum Gasteiger partial charge on any atom is 0.223 e. The molecule has 22 heavy (non-hydrogen) atoms. The van der Waals surface area contributed by atoms with Crippen LogP contribution in [-0.4, -0.2) is 25.7 Å². The van der Waals surface area contributed by atoms with Gasteiger partial charge in [-0.3, -0.25) is 4.79 Å². The topological polar surface area (TPSA) is 64.3 Å². The molecule has 124 valence electrons. The molecule has 0 spiro atoms. The molecule has 0 saturated heterocycles. The van der Waals surface area contributed by atoms with Crippen LogP contribution in [0.25, 0.3) is 0 Å². The normalized spacial score (nSPS) is 17.0. The predicted molar refractivity (Wildman–Crippen MR) is 91.4 cm³/mol. The first-order valence-electron chi connectivity index (χ1n) is 7.41. The summed E-state index contributed by atoms with van der Waals surface area (Å²) in [6.45, 7) is 0.346. The SMILES string of the molecule is COC(CN)CC(=O)NC(c1ccc(Cl)cc1)C1CCC1.Cl. The summed E-state index contributed by atoms with van der Waals surface area (Å²) in [5, 5.41) is 3.84. The van der Waals surface area contributed by atoms with E-state index < -0.39 is 0 Å². The molecule has 2 rings (SSSR count). The summed E-state index contributed by atoms with van der Waals surface area (Å²) in [5.41, 5.74) is 6.68. The molecule has 3 N–H and O–H groups in total. The number of hydrogen-bond donors (Lipinski definition) is 2. The number of hydrogen-bond acceptors (Lipinski definition) is 3. The molecule has 1 amide bonds. The van der Waals surface area contributed by atoms with Gasteiger partial charge in [-0.1, -0.05) is 30.2 Å². The number of rotatable bonds is 7. The Labute approximate surface area is 143 Å². The fraction of sp³-hybridized carbons (Fsp3) is 0.562. The largest absolute Gasteiger partial charge is 0.380 e. The maximum absolute atomic E-state index is 12.2. The third-order valence-electron chi connectivity index (χ3n) is 4.18. The minimum Gasteiger partial charge on any atom is -0.380 e. The van der Waals surface area contributed by atoms with Crippen molar-refractivity contribution in [3.63, 3.8) is 0 Å². The number of methoxy groups -OCH3 is 1. The van der Waals surface area contributed by atoms with Crippen LogP contribution in [0.2, 0.25) is 5.02 Å². The van der Waals surface area contributed by atoms with E-state index in [2.05, 4.69) is 5.32 Å². The summed E-state index contributed by atoms with van der Waals surface area (Å²) in [4.78, 5) is 12.2. The lowest BCUT2D eigenvalue weighted by molar-refractivity contribution is -0.124. The van der Waals surface area contributed by atoms with Gasteiger partial charge in [0.15, 0.2) is 0 Å². The quantitative estimate of drug-likeness (QED) is 0.797. The van der Waals surface area contributed by atoms with Crippen LogP contribution in [0.4, 0.5) is 0 Å². The van der Waals surface area contributed by atoms with Crippen molar-refractivity contribution in [2.75, 3.05) is 13.7 Å². The molecule has 0 bridgehead atoms. The number of nitrogens with one attached hydrogen (secondary N) is 1. The molecule has 6 heteroatoms. The van der Waals surface area contributed by atoms with Crippen molar-refractivity contribution < 1.29 is 9.53 Å². The van der Waals surface area contributed by atoms with Crippen LogP contribution in [0.3, 0.4) is 0 Å². The molecule has 1 fully saturated rings.